The molecule has 0 N–H and O–H groups in total. The van der Waals surface area contributed by atoms with Gasteiger partial charge in [0, 0.05) is 27.4 Å². The SMILES string of the molecule is CCCCCCCCCC[Si](OCCOCCOCCOC)(OCCOCCOCCOC)OCCOCCOCCOC. The lowest BCUT2D eigenvalue weighted by Crippen LogP contribution is -2.48. The molecule has 0 saturated carbocycles. The van der Waals surface area contributed by atoms with E-state index in [2.05, 4.69) is 6.92 Å². The van der Waals surface area contributed by atoms with Crippen molar-refractivity contribution in [1.82, 2.24) is 0 Å². The van der Waals surface area contributed by atoms with E-state index in [1.165, 1.54) is 38.5 Å². The van der Waals surface area contributed by atoms with Gasteiger partial charge in [0.05, 0.1) is 119 Å². The predicted octanol–water partition coefficient (Wildman–Crippen LogP) is 4.15. The van der Waals surface area contributed by atoms with Crippen molar-refractivity contribution >= 4 is 8.80 Å². The van der Waals surface area contributed by atoms with Crippen molar-refractivity contribution in [2.24, 2.45) is 0 Å². The molecule has 0 bridgehead atoms. The molecule has 0 aliphatic heterocycles. The molecule has 0 aliphatic carbocycles. The molecule has 0 aromatic heterocycles. The molecule has 0 rings (SSSR count). The van der Waals surface area contributed by atoms with Crippen molar-refractivity contribution in [2.75, 3.05) is 140 Å². The smallest absolute Gasteiger partial charge is 0.382 e. The molecule has 0 atom stereocenters. The summed E-state index contributed by atoms with van der Waals surface area (Å²) in [7, 11) is 1.94. The first kappa shape index (κ1) is 43.7. The Hall–Kier alpha value is -0.263. The van der Waals surface area contributed by atoms with Crippen LogP contribution in [0.25, 0.3) is 0 Å². The number of ether oxygens (including phenoxy) is 9. The number of unbranched alkanes of at least 4 members (excludes halogenated alkanes) is 7. The van der Waals surface area contributed by atoms with E-state index in [9.17, 15) is 0 Å². The lowest BCUT2D eigenvalue weighted by Gasteiger charge is -2.30. The van der Waals surface area contributed by atoms with Crippen LogP contribution in [0.3, 0.4) is 0 Å². The normalized spacial score (nSPS) is 12.0. The van der Waals surface area contributed by atoms with E-state index in [4.69, 9.17) is 55.9 Å². The van der Waals surface area contributed by atoms with E-state index in [-0.39, 0.29) is 0 Å². The van der Waals surface area contributed by atoms with E-state index in [1.54, 1.807) is 21.3 Å². The van der Waals surface area contributed by atoms with Crippen LogP contribution in [0.1, 0.15) is 58.3 Å². The lowest BCUT2D eigenvalue weighted by atomic mass is 10.1. The second-order valence-corrected chi connectivity index (χ2v) is 12.8. The predicted molar refractivity (Wildman–Crippen MR) is 172 cm³/mol. The summed E-state index contributed by atoms with van der Waals surface area (Å²) in [6, 6.07) is 0.738. The maximum absolute atomic E-state index is 6.40. The Kier molecular flexibility index (Phi) is 37.0. The zero-order valence-corrected chi connectivity index (χ0v) is 29.5. The fourth-order valence-corrected chi connectivity index (χ4v) is 6.53. The number of rotatable bonds is 39. The summed E-state index contributed by atoms with van der Waals surface area (Å²) in [5, 5.41) is 0. The maximum atomic E-state index is 6.40. The van der Waals surface area contributed by atoms with Gasteiger partial charge in [-0.25, -0.2) is 0 Å². The van der Waals surface area contributed by atoms with E-state index in [0.29, 0.717) is 119 Å². The highest BCUT2D eigenvalue weighted by molar-refractivity contribution is 6.60. The number of hydrogen-bond donors (Lipinski definition) is 0. The van der Waals surface area contributed by atoms with E-state index < -0.39 is 8.80 Å². The third kappa shape index (κ3) is 31.7. The Labute approximate surface area is 269 Å². The van der Waals surface area contributed by atoms with Crippen LogP contribution >= 0.6 is 0 Å². The Bertz CT molecular complexity index is 481. The minimum atomic E-state index is -3.02. The van der Waals surface area contributed by atoms with E-state index in [1.807, 2.05) is 0 Å². The van der Waals surface area contributed by atoms with Crippen LogP contribution in [0.5, 0.6) is 0 Å². The largest absolute Gasteiger partial charge is 0.501 e. The molecule has 0 heterocycles. The van der Waals surface area contributed by atoms with Gasteiger partial charge in [0.25, 0.3) is 0 Å². The highest BCUT2D eigenvalue weighted by Crippen LogP contribution is 2.21. The van der Waals surface area contributed by atoms with Crippen LogP contribution < -0.4 is 0 Å². The molecule has 0 aromatic carbocycles. The maximum Gasteiger partial charge on any atom is 0.501 e. The molecule has 0 unspecified atom stereocenters. The van der Waals surface area contributed by atoms with Crippen molar-refractivity contribution in [1.29, 1.82) is 0 Å². The summed E-state index contributed by atoms with van der Waals surface area (Å²) in [4.78, 5) is 0. The second kappa shape index (κ2) is 37.2. The van der Waals surface area contributed by atoms with Gasteiger partial charge in [-0.15, -0.1) is 0 Å². The highest BCUT2D eigenvalue weighted by atomic mass is 28.4. The quantitative estimate of drug-likeness (QED) is 0.0699. The van der Waals surface area contributed by atoms with Crippen molar-refractivity contribution in [3.63, 3.8) is 0 Å². The van der Waals surface area contributed by atoms with Crippen LogP contribution in [0, 0.1) is 0 Å². The molecule has 0 aromatic rings. The van der Waals surface area contributed by atoms with E-state index in [0.717, 1.165) is 18.9 Å². The van der Waals surface area contributed by atoms with Crippen molar-refractivity contribution < 1.29 is 55.9 Å². The summed E-state index contributed by atoms with van der Waals surface area (Å²) in [5.41, 5.74) is 0. The molecule has 44 heavy (non-hydrogen) atoms. The molecule has 0 amide bonds. The first-order chi connectivity index (χ1) is 21.7. The fourth-order valence-electron chi connectivity index (χ4n) is 3.98. The fraction of sp³-hybridized carbons (Fsp3) is 1.00. The molecule has 12 nitrogen and oxygen atoms in total. The van der Waals surface area contributed by atoms with Gasteiger partial charge in [-0.3, -0.25) is 0 Å². The number of hydrogen-bond acceptors (Lipinski definition) is 12. The van der Waals surface area contributed by atoms with Crippen molar-refractivity contribution in [3.05, 3.63) is 0 Å². The zero-order valence-electron chi connectivity index (χ0n) is 28.5. The average Bonchev–Trinajstić information content (AvgIpc) is 3.03. The average molecular weight is 659 g/mol. The van der Waals surface area contributed by atoms with Gasteiger partial charge >= 0.3 is 8.80 Å². The molecule has 0 radical (unpaired) electrons. The molecule has 13 heteroatoms. The zero-order chi connectivity index (χ0) is 32.1. The third-order valence-electron chi connectivity index (χ3n) is 6.40. The Morgan fingerprint density at radius 3 is 0.909 bits per heavy atom. The monoisotopic (exact) mass is 658 g/mol. The van der Waals surface area contributed by atoms with E-state index >= 15 is 0 Å². The van der Waals surface area contributed by atoms with Crippen LogP contribution in [-0.2, 0) is 55.9 Å². The first-order valence-corrected chi connectivity index (χ1v) is 18.5. The van der Waals surface area contributed by atoms with Gasteiger partial charge in [-0.1, -0.05) is 51.9 Å². The highest BCUT2D eigenvalue weighted by Gasteiger charge is 2.40. The second-order valence-electron chi connectivity index (χ2n) is 10.1. The summed E-state index contributed by atoms with van der Waals surface area (Å²) >= 11 is 0. The molecular weight excluding hydrogens is 592 g/mol. The lowest BCUT2D eigenvalue weighted by molar-refractivity contribution is -0.0207. The topological polar surface area (TPSA) is 111 Å². The van der Waals surface area contributed by atoms with Crippen LogP contribution in [0.2, 0.25) is 6.04 Å². The number of methoxy groups -OCH3 is 3. The Morgan fingerprint density at radius 2 is 0.591 bits per heavy atom. The summed E-state index contributed by atoms with van der Waals surface area (Å²) < 4.78 is 67.7. The van der Waals surface area contributed by atoms with Crippen LogP contribution in [0.15, 0.2) is 0 Å². The van der Waals surface area contributed by atoms with Crippen LogP contribution in [0.4, 0.5) is 0 Å². The molecular formula is C31H66O12Si. The van der Waals surface area contributed by atoms with Gasteiger partial charge < -0.3 is 55.9 Å². The Balaban J connectivity index is 4.83. The molecule has 266 valence electrons. The summed E-state index contributed by atoms with van der Waals surface area (Å²) in [6.07, 6.45) is 9.77. The van der Waals surface area contributed by atoms with Crippen molar-refractivity contribution in [2.45, 2.75) is 64.3 Å². The van der Waals surface area contributed by atoms with Gasteiger partial charge in [0.15, 0.2) is 0 Å². The minimum absolute atomic E-state index is 0.379. The van der Waals surface area contributed by atoms with Crippen LogP contribution in [-0.4, -0.2) is 149 Å². The standard InChI is InChI=1S/C31H66O12Si/c1-5-6-7-8-9-10-11-12-31-44(41-28-25-38-22-19-35-16-13-32-2,42-29-26-39-23-20-36-17-14-33-3)43-30-27-40-24-21-37-18-15-34-4/h5-31H2,1-4H3. The van der Waals surface area contributed by atoms with Gasteiger partial charge in [0.2, 0.25) is 0 Å². The molecule has 0 spiro atoms. The summed E-state index contributed by atoms with van der Waals surface area (Å²) in [5.74, 6) is 0. The van der Waals surface area contributed by atoms with Gasteiger partial charge in [-0.2, -0.15) is 0 Å². The first-order valence-electron chi connectivity index (χ1n) is 16.6. The molecule has 0 fully saturated rings. The summed E-state index contributed by atoms with van der Waals surface area (Å²) in [6.45, 7) is 11.0. The minimum Gasteiger partial charge on any atom is -0.382 e. The van der Waals surface area contributed by atoms with Crippen molar-refractivity contribution in [3.8, 4) is 0 Å². The molecule has 0 aliphatic rings. The van der Waals surface area contributed by atoms with Gasteiger partial charge in [-0.05, 0) is 6.42 Å². The Morgan fingerprint density at radius 1 is 0.318 bits per heavy atom. The molecule has 0 saturated heterocycles. The third-order valence-corrected chi connectivity index (χ3v) is 9.29. The van der Waals surface area contributed by atoms with Gasteiger partial charge in [0.1, 0.15) is 0 Å².